The van der Waals surface area contributed by atoms with Crippen LogP contribution in [0.2, 0.25) is 0 Å². The van der Waals surface area contributed by atoms with Crippen LogP contribution in [-0.2, 0) is 12.8 Å². The molecule has 2 aromatic carbocycles. The molecule has 0 aliphatic rings. The molecule has 4 N–H and O–H groups in total. The highest BCUT2D eigenvalue weighted by Crippen LogP contribution is 2.25. The number of benzene rings is 2. The quantitative estimate of drug-likeness (QED) is 0.427. The molecular formula is C28H35N3O3. The highest BCUT2D eigenvalue weighted by Gasteiger charge is 2.37. The average Bonchev–Trinajstić information content (AvgIpc) is 2.79. The maximum atomic E-state index is 12.2. The zero-order valence-corrected chi connectivity index (χ0v) is 20.1. The van der Waals surface area contributed by atoms with E-state index >= 15 is 0 Å². The first-order chi connectivity index (χ1) is 16.1. The normalized spacial score (nSPS) is 14.3. The number of aliphatic hydroxyl groups excluding tert-OH is 1. The molecule has 6 heteroatoms. The Kier molecular flexibility index (Phi) is 8.42. The van der Waals surface area contributed by atoms with Crippen LogP contribution in [0.1, 0.15) is 38.3 Å². The summed E-state index contributed by atoms with van der Waals surface area (Å²) in [6.45, 7) is 5.53. The molecule has 3 aromatic rings. The van der Waals surface area contributed by atoms with E-state index in [9.17, 15) is 15.0 Å². The number of nitrogens with two attached hydrogens (primary N) is 1. The third-order valence-corrected chi connectivity index (χ3v) is 5.98. The summed E-state index contributed by atoms with van der Waals surface area (Å²) >= 11 is 0. The molecule has 0 aliphatic carbocycles. The molecule has 0 spiro atoms. The SMILES string of the molecule is CC(C)(C)N(C(=O)O)[C@@H](Cc1ccccc1)[C@@H](O)C[C@@H](N)Cc1ccc(-c2cccnc2)cc1. The highest BCUT2D eigenvalue weighted by atomic mass is 16.4. The molecule has 0 radical (unpaired) electrons. The van der Waals surface area contributed by atoms with Crippen LogP contribution in [0.15, 0.2) is 79.1 Å². The van der Waals surface area contributed by atoms with E-state index in [1.54, 1.807) is 6.20 Å². The van der Waals surface area contributed by atoms with Crippen molar-refractivity contribution in [1.82, 2.24) is 9.88 Å². The Bertz CT molecular complexity index is 1030. The van der Waals surface area contributed by atoms with Crippen molar-refractivity contribution in [3.63, 3.8) is 0 Å². The second-order valence-electron chi connectivity index (χ2n) is 9.79. The van der Waals surface area contributed by atoms with Crippen molar-refractivity contribution in [1.29, 1.82) is 0 Å². The molecule has 1 heterocycles. The van der Waals surface area contributed by atoms with Gasteiger partial charge in [-0.1, -0.05) is 60.7 Å². The molecule has 1 amide bonds. The summed E-state index contributed by atoms with van der Waals surface area (Å²) in [6, 6.07) is 20.8. The lowest BCUT2D eigenvalue weighted by Gasteiger charge is -2.42. The first-order valence-corrected chi connectivity index (χ1v) is 11.6. The number of nitrogens with zero attached hydrogens (tertiary/aromatic N) is 2. The van der Waals surface area contributed by atoms with Crippen molar-refractivity contribution >= 4 is 6.09 Å². The molecule has 3 atom stereocenters. The Balaban J connectivity index is 1.72. The molecule has 3 rings (SSSR count). The van der Waals surface area contributed by atoms with Gasteiger partial charge in [-0.3, -0.25) is 9.88 Å². The smallest absolute Gasteiger partial charge is 0.408 e. The first kappa shape index (κ1) is 25.4. The number of rotatable bonds is 9. The predicted molar refractivity (Wildman–Crippen MR) is 136 cm³/mol. The van der Waals surface area contributed by atoms with Crippen molar-refractivity contribution in [2.45, 2.75) is 63.8 Å². The Morgan fingerprint density at radius 1 is 0.941 bits per heavy atom. The zero-order chi connectivity index (χ0) is 24.7. The summed E-state index contributed by atoms with van der Waals surface area (Å²) in [5, 5.41) is 21.2. The fraction of sp³-hybridized carbons (Fsp3) is 0.357. The minimum atomic E-state index is -1.05. The van der Waals surface area contributed by atoms with Gasteiger partial charge in [-0.05, 0) is 68.4 Å². The van der Waals surface area contributed by atoms with Gasteiger partial charge in [0.1, 0.15) is 0 Å². The van der Waals surface area contributed by atoms with Crippen molar-refractivity contribution in [2.24, 2.45) is 5.73 Å². The van der Waals surface area contributed by atoms with Crippen LogP contribution in [-0.4, -0.2) is 49.9 Å². The monoisotopic (exact) mass is 461 g/mol. The fourth-order valence-electron chi connectivity index (χ4n) is 4.40. The van der Waals surface area contributed by atoms with Gasteiger partial charge < -0.3 is 15.9 Å². The maximum absolute atomic E-state index is 12.2. The van der Waals surface area contributed by atoms with Crippen LogP contribution in [0, 0.1) is 0 Å². The number of hydrogen-bond donors (Lipinski definition) is 3. The van der Waals surface area contributed by atoms with Gasteiger partial charge in [-0.2, -0.15) is 0 Å². The van der Waals surface area contributed by atoms with E-state index in [2.05, 4.69) is 4.98 Å². The topological polar surface area (TPSA) is 99.7 Å². The van der Waals surface area contributed by atoms with Gasteiger partial charge in [0.2, 0.25) is 0 Å². The van der Waals surface area contributed by atoms with Crippen LogP contribution in [0.25, 0.3) is 11.1 Å². The zero-order valence-electron chi connectivity index (χ0n) is 20.1. The largest absolute Gasteiger partial charge is 0.465 e. The molecule has 34 heavy (non-hydrogen) atoms. The lowest BCUT2D eigenvalue weighted by Crippen LogP contribution is -2.57. The van der Waals surface area contributed by atoms with E-state index in [4.69, 9.17) is 5.73 Å². The summed E-state index contributed by atoms with van der Waals surface area (Å²) in [4.78, 5) is 17.7. The molecule has 1 aromatic heterocycles. The Morgan fingerprint density at radius 3 is 2.15 bits per heavy atom. The highest BCUT2D eigenvalue weighted by molar-refractivity contribution is 5.66. The molecular weight excluding hydrogens is 426 g/mol. The molecule has 0 aliphatic heterocycles. The minimum Gasteiger partial charge on any atom is -0.465 e. The van der Waals surface area contributed by atoms with Crippen LogP contribution in [0.4, 0.5) is 4.79 Å². The number of hydrogen-bond acceptors (Lipinski definition) is 4. The number of carboxylic acid groups (broad SMARTS) is 1. The number of aromatic nitrogens is 1. The average molecular weight is 462 g/mol. The number of carbonyl (C=O) groups is 1. The van der Waals surface area contributed by atoms with Gasteiger partial charge in [0, 0.05) is 24.0 Å². The Morgan fingerprint density at radius 2 is 1.59 bits per heavy atom. The maximum Gasteiger partial charge on any atom is 0.408 e. The second-order valence-corrected chi connectivity index (χ2v) is 9.79. The van der Waals surface area contributed by atoms with Gasteiger partial charge in [0.15, 0.2) is 0 Å². The van der Waals surface area contributed by atoms with Gasteiger partial charge in [0.25, 0.3) is 0 Å². The van der Waals surface area contributed by atoms with Crippen molar-refractivity contribution in [2.75, 3.05) is 0 Å². The molecule has 0 bridgehead atoms. The Labute approximate surface area is 202 Å². The minimum absolute atomic E-state index is 0.293. The molecule has 0 saturated carbocycles. The van der Waals surface area contributed by atoms with Crippen molar-refractivity contribution in [3.05, 3.63) is 90.3 Å². The fourth-order valence-corrected chi connectivity index (χ4v) is 4.40. The third kappa shape index (κ3) is 6.89. The van der Waals surface area contributed by atoms with E-state index in [1.807, 2.05) is 93.7 Å². The second kappa shape index (κ2) is 11.3. The molecule has 0 fully saturated rings. The lowest BCUT2D eigenvalue weighted by molar-refractivity contribution is 0.00174. The van der Waals surface area contributed by atoms with E-state index in [1.165, 1.54) is 4.90 Å². The van der Waals surface area contributed by atoms with Crippen LogP contribution in [0.3, 0.4) is 0 Å². The van der Waals surface area contributed by atoms with Crippen LogP contribution >= 0.6 is 0 Å². The summed E-state index contributed by atoms with van der Waals surface area (Å²) in [5.41, 5.74) is 9.94. The number of pyridine rings is 1. The summed E-state index contributed by atoms with van der Waals surface area (Å²) in [6.07, 6.45) is 2.92. The molecule has 0 unspecified atom stereocenters. The van der Waals surface area contributed by atoms with Gasteiger partial charge >= 0.3 is 6.09 Å². The van der Waals surface area contributed by atoms with E-state index in [0.717, 1.165) is 22.3 Å². The summed E-state index contributed by atoms with van der Waals surface area (Å²) < 4.78 is 0. The molecule has 0 saturated heterocycles. The molecule has 180 valence electrons. The summed E-state index contributed by atoms with van der Waals surface area (Å²) in [7, 11) is 0. The predicted octanol–water partition coefficient (Wildman–Crippen LogP) is 4.76. The summed E-state index contributed by atoms with van der Waals surface area (Å²) in [5.74, 6) is 0. The van der Waals surface area contributed by atoms with E-state index in [0.29, 0.717) is 19.3 Å². The van der Waals surface area contributed by atoms with Crippen molar-refractivity contribution in [3.8, 4) is 11.1 Å². The van der Waals surface area contributed by atoms with E-state index in [-0.39, 0.29) is 6.04 Å². The number of aliphatic hydroxyl groups is 1. The van der Waals surface area contributed by atoms with Gasteiger partial charge in [-0.25, -0.2) is 4.79 Å². The Hall–Kier alpha value is -3.22. The number of amides is 1. The van der Waals surface area contributed by atoms with Gasteiger partial charge in [0.05, 0.1) is 12.1 Å². The molecule has 6 nitrogen and oxygen atoms in total. The lowest BCUT2D eigenvalue weighted by atomic mass is 9.90. The van der Waals surface area contributed by atoms with Gasteiger partial charge in [-0.15, -0.1) is 0 Å². The van der Waals surface area contributed by atoms with Crippen molar-refractivity contribution < 1.29 is 15.0 Å². The van der Waals surface area contributed by atoms with E-state index < -0.39 is 23.8 Å². The first-order valence-electron chi connectivity index (χ1n) is 11.6. The third-order valence-electron chi connectivity index (χ3n) is 5.98. The van der Waals surface area contributed by atoms with Crippen LogP contribution in [0.5, 0.6) is 0 Å². The van der Waals surface area contributed by atoms with Crippen LogP contribution < -0.4 is 5.73 Å². The standard InChI is InChI=1S/C28H35N3O3/c1-28(2,3)31(27(33)34)25(17-20-8-5-4-6-9-20)26(32)18-24(29)16-21-11-13-22(14-12-21)23-10-7-15-30-19-23/h4-15,19,24-26,32H,16-18,29H2,1-3H3,(H,33,34)/t24-,25-,26-/m0/s1.